The van der Waals surface area contributed by atoms with E-state index in [4.69, 9.17) is 9.47 Å². The van der Waals surface area contributed by atoms with Gasteiger partial charge in [0.1, 0.15) is 11.5 Å². The van der Waals surface area contributed by atoms with Crippen molar-refractivity contribution in [3.05, 3.63) is 59.7 Å². The highest BCUT2D eigenvalue weighted by molar-refractivity contribution is 7.89. The minimum atomic E-state index is -3.48. The number of ether oxygens (including phenoxy) is 2. The zero-order chi connectivity index (χ0) is 20.6. The van der Waals surface area contributed by atoms with Crippen molar-refractivity contribution >= 4 is 22.0 Å². The van der Waals surface area contributed by atoms with Crippen LogP contribution >= 0.6 is 0 Å². The van der Waals surface area contributed by atoms with Crippen LogP contribution in [0.25, 0.3) is 6.08 Å². The molecule has 0 aliphatic rings. The molecule has 28 heavy (non-hydrogen) atoms. The number of nitrogens with one attached hydrogen (secondary N) is 2. The van der Waals surface area contributed by atoms with Crippen LogP contribution in [0.15, 0.2) is 53.4 Å². The Kier molecular flexibility index (Phi) is 7.60. The van der Waals surface area contributed by atoms with E-state index in [0.717, 1.165) is 5.56 Å². The number of carbonyl (C=O) groups excluding carboxylic acids is 1. The van der Waals surface area contributed by atoms with Crippen molar-refractivity contribution in [3.63, 3.8) is 0 Å². The lowest BCUT2D eigenvalue weighted by atomic mass is 10.2. The molecule has 7 nitrogen and oxygen atoms in total. The van der Waals surface area contributed by atoms with Crippen molar-refractivity contribution in [1.82, 2.24) is 10.0 Å². The van der Waals surface area contributed by atoms with Crippen LogP contribution in [-0.4, -0.2) is 35.1 Å². The number of hydrogen-bond donors (Lipinski definition) is 2. The standard InChI is InChI=1S/C20H24N2O5S/c1-4-22-28(24,25)19-8-5-15(6-9-19)7-10-20(23)21-14-16-11-17(26-2)13-18(12-16)27-3/h5-13,22H,4,14H2,1-3H3,(H,21,23)/b10-7+. The Bertz CT molecular complexity index is 915. The fraction of sp³-hybridized carbons (Fsp3) is 0.250. The van der Waals surface area contributed by atoms with Crippen LogP contribution in [0, 0.1) is 0 Å². The number of methoxy groups -OCH3 is 2. The first-order chi connectivity index (χ1) is 13.4. The molecule has 0 heterocycles. The number of sulfonamides is 1. The first-order valence-corrected chi connectivity index (χ1v) is 10.1. The molecule has 0 aliphatic heterocycles. The quantitative estimate of drug-likeness (QED) is 0.626. The third-order valence-corrected chi connectivity index (χ3v) is 5.39. The van der Waals surface area contributed by atoms with Gasteiger partial charge in [-0.2, -0.15) is 0 Å². The van der Waals surface area contributed by atoms with Crippen molar-refractivity contribution < 1.29 is 22.7 Å². The third-order valence-electron chi connectivity index (χ3n) is 3.83. The summed E-state index contributed by atoms with van der Waals surface area (Å²) in [5, 5.41) is 2.78. The van der Waals surface area contributed by atoms with Gasteiger partial charge in [-0.15, -0.1) is 0 Å². The van der Waals surface area contributed by atoms with Gasteiger partial charge < -0.3 is 14.8 Å². The SMILES string of the molecule is CCNS(=O)(=O)c1ccc(/C=C/C(=O)NCc2cc(OC)cc(OC)c2)cc1. The molecule has 1 amide bonds. The van der Waals surface area contributed by atoms with E-state index in [1.807, 2.05) is 12.1 Å². The van der Waals surface area contributed by atoms with E-state index in [0.29, 0.717) is 30.2 Å². The van der Waals surface area contributed by atoms with Gasteiger partial charge in [0.15, 0.2) is 0 Å². The van der Waals surface area contributed by atoms with Gasteiger partial charge in [0.2, 0.25) is 15.9 Å². The summed E-state index contributed by atoms with van der Waals surface area (Å²) in [4.78, 5) is 12.2. The second-order valence-electron chi connectivity index (χ2n) is 5.84. The Morgan fingerprint density at radius 1 is 1.04 bits per heavy atom. The summed E-state index contributed by atoms with van der Waals surface area (Å²) in [5.41, 5.74) is 1.56. The maximum atomic E-state index is 12.0. The van der Waals surface area contributed by atoms with Crippen LogP contribution in [0.4, 0.5) is 0 Å². The van der Waals surface area contributed by atoms with Crippen molar-refractivity contribution in [2.24, 2.45) is 0 Å². The highest BCUT2D eigenvalue weighted by atomic mass is 32.2. The van der Waals surface area contributed by atoms with Crippen LogP contribution in [0.3, 0.4) is 0 Å². The Balaban J connectivity index is 1.97. The molecule has 150 valence electrons. The lowest BCUT2D eigenvalue weighted by Gasteiger charge is -2.08. The number of rotatable bonds is 9. The van der Waals surface area contributed by atoms with Crippen LogP contribution in [0.5, 0.6) is 11.5 Å². The largest absolute Gasteiger partial charge is 0.497 e. The Hall–Kier alpha value is -2.84. The molecule has 2 aromatic rings. The summed E-state index contributed by atoms with van der Waals surface area (Å²) in [5.74, 6) is 1.02. The van der Waals surface area contributed by atoms with Gasteiger partial charge in [0.25, 0.3) is 0 Å². The number of amides is 1. The van der Waals surface area contributed by atoms with E-state index in [1.165, 1.54) is 18.2 Å². The molecule has 0 unspecified atom stereocenters. The van der Waals surface area contributed by atoms with Crippen LogP contribution in [-0.2, 0) is 21.4 Å². The second kappa shape index (κ2) is 9.91. The van der Waals surface area contributed by atoms with Gasteiger partial charge in [-0.1, -0.05) is 19.1 Å². The summed E-state index contributed by atoms with van der Waals surface area (Å²) in [7, 11) is -0.355. The minimum absolute atomic E-state index is 0.183. The van der Waals surface area contributed by atoms with Crippen LogP contribution < -0.4 is 19.5 Å². The van der Waals surface area contributed by atoms with Crippen LogP contribution in [0.2, 0.25) is 0 Å². The number of hydrogen-bond acceptors (Lipinski definition) is 5. The Morgan fingerprint density at radius 3 is 2.18 bits per heavy atom. The van der Waals surface area contributed by atoms with Crippen molar-refractivity contribution in [2.75, 3.05) is 20.8 Å². The molecule has 0 bridgehead atoms. The van der Waals surface area contributed by atoms with E-state index in [9.17, 15) is 13.2 Å². The molecule has 0 fully saturated rings. The average molecular weight is 404 g/mol. The van der Waals surface area contributed by atoms with E-state index in [1.54, 1.807) is 45.4 Å². The molecule has 0 saturated heterocycles. The van der Waals surface area contributed by atoms with Gasteiger partial charge in [0, 0.05) is 25.2 Å². The monoisotopic (exact) mass is 404 g/mol. The van der Waals surface area contributed by atoms with Crippen LogP contribution in [0.1, 0.15) is 18.1 Å². The highest BCUT2D eigenvalue weighted by Crippen LogP contribution is 2.22. The lowest BCUT2D eigenvalue weighted by Crippen LogP contribution is -2.23. The molecule has 0 aliphatic carbocycles. The molecule has 2 rings (SSSR count). The molecular formula is C20H24N2O5S. The van der Waals surface area contributed by atoms with Crippen molar-refractivity contribution in [2.45, 2.75) is 18.4 Å². The summed E-state index contributed by atoms with van der Waals surface area (Å²) >= 11 is 0. The molecule has 2 N–H and O–H groups in total. The smallest absolute Gasteiger partial charge is 0.244 e. The summed E-state index contributed by atoms with van der Waals surface area (Å²) in [6.07, 6.45) is 3.01. The van der Waals surface area contributed by atoms with Gasteiger partial charge in [-0.3, -0.25) is 4.79 Å². The average Bonchev–Trinajstić information content (AvgIpc) is 2.70. The van der Waals surface area contributed by atoms with E-state index in [2.05, 4.69) is 10.0 Å². The minimum Gasteiger partial charge on any atom is -0.497 e. The Labute approximate surface area is 165 Å². The van der Waals surface area contributed by atoms with E-state index >= 15 is 0 Å². The summed E-state index contributed by atoms with van der Waals surface area (Å²) < 4.78 is 36.7. The molecular weight excluding hydrogens is 380 g/mol. The highest BCUT2D eigenvalue weighted by Gasteiger charge is 2.11. The zero-order valence-electron chi connectivity index (χ0n) is 16.1. The molecule has 8 heteroatoms. The maximum Gasteiger partial charge on any atom is 0.244 e. The second-order valence-corrected chi connectivity index (χ2v) is 7.61. The van der Waals surface area contributed by atoms with Crippen molar-refractivity contribution in [1.29, 1.82) is 0 Å². The first kappa shape index (κ1) is 21.5. The predicted molar refractivity (Wildman–Crippen MR) is 108 cm³/mol. The molecule has 0 spiro atoms. The molecule has 2 aromatic carbocycles. The topological polar surface area (TPSA) is 93.7 Å². The maximum absolute atomic E-state index is 12.0. The Morgan fingerprint density at radius 2 is 1.64 bits per heavy atom. The van der Waals surface area contributed by atoms with Gasteiger partial charge in [-0.05, 0) is 41.5 Å². The molecule has 0 saturated carbocycles. The normalized spacial score (nSPS) is 11.4. The predicted octanol–water partition coefficient (Wildman–Crippen LogP) is 2.33. The fourth-order valence-electron chi connectivity index (χ4n) is 2.42. The van der Waals surface area contributed by atoms with Gasteiger partial charge in [0.05, 0.1) is 19.1 Å². The van der Waals surface area contributed by atoms with Gasteiger partial charge >= 0.3 is 0 Å². The van der Waals surface area contributed by atoms with Crippen molar-refractivity contribution in [3.8, 4) is 11.5 Å². The fourth-order valence-corrected chi connectivity index (χ4v) is 3.46. The molecule has 0 atom stereocenters. The zero-order valence-corrected chi connectivity index (χ0v) is 16.9. The first-order valence-electron chi connectivity index (χ1n) is 8.65. The molecule has 0 aromatic heterocycles. The summed E-state index contributed by atoms with van der Waals surface area (Å²) in [6, 6.07) is 11.7. The number of carbonyl (C=O) groups is 1. The molecule has 0 radical (unpaired) electrons. The number of benzene rings is 2. The van der Waals surface area contributed by atoms with Gasteiger partial charge in [-0.25, -0.2) is 13.1 Å². The van der Waals surface area contributed by atoms with E-state index < -0.39 is 10.0 Å². The van der Waals surface area contributed by atoms with E-state index in [-0.39, 0.29) is 10.8 Å². The summed E-state index contributed by atoms with van der Waals surface area (Å²) in [6.45, 7) is 2.36. The third kappa shape index (κ3) is 6.11. The lowest BCUT2D eigenvalue weighted by molar-refractivity contribution is -0.116.